The number of nitrogens with zero attached hydrogens (tertiary/aromatic N) is 3. The Hall–Kier alpha value is -2.96. The molecule has 0 fully saturated rings. The number of amides is 1. The molecule has 2 N–H and O–H groups in total. The summed E-state index contributed by atoms with van der Waals surface area (Å²) < 4.78 is 15.7. The second kappa shape index (κ2) is 7.22. The highest BCUT2D eigenvalue weighted by Crippen LogP contribution is 2.22. The number of rotatable bonds is 4. The van der Waals surface area contributed by atoms with Gasteiger partial charge in [0.1, 0.15) is 17.3 Å². The molecule has 1 aliphatic carbocycles. The molecule has 1 aromatic carbocycles. The summed E-state index contributed by atoms with van der Waals surface area (Å²) in [5, 5.41) is 7.59. The van der Waals surface area contributed by atoms with Crippen molar-refractivity contribution < 1.29 is 9.18 Å². The molecule has 0 radical (unpaired) electrons. The van der Waals surface area contributed by atoms with Crippen LogP contribution in [0.3, 0.4) is 0 Å². The molecule has 146 valence electrons. The van der Waals surface area contributed by atoms with Crippen molar-refractivity contribution in [1.29, 1.82) is 0 Å². The van der Waals surface area contributed by atoms with E-state index in [9.17, 15) is 9.18 Å². The molecule has 0 aliphatic heterocycles. The summed E-state index contributed by atoms with van der Waals surface area (Å²) in [6.07, 6.45) is 2.76. The normalized spacial score (nSPS) is 16.1. The first kappa shape index (κ1) is 18.4. The zero-order chi connectivity index (χ0) is 19.8. The SMILES string of the molecule is Cc1nc2c([nH]1)CC(NC(=O)Cc1c(C)nn(-c3ccccc3F)c1C)CC2. The fraction of sp³-hybridized carbons (Fsp3) is 0.381. The number of benzene rings is 1. The summed E-state index contributed by atoms with van der Waals surface area (Å²) in [4.78, 5) is 20.4. The molecule has 2 heterocycles. The van der Waals surface area contributed by atoms with Crippen molar-refractivity contribution in [2.24, 2.45) is 0 Å². The van der Waals surface area contributed by atoms with Gasteiger partial charge in [-0.3, -0.25) is 4.79 Å². The third-order valence-corrected chi connectivity index (χ3v) is 5.39. The van der Waals surface area contributed by atoms with E-state index < -0.39 is 0 Å². The van der Waals surface area contributed by atoms with Gasteiger partial charge in [-0.15, -0.1) is 0 Å². The number of H-pyrrole nitrogens is 1. The summed E-state index contributed by atoms with van der Waals surface area (Å²) in [6, 6.07) is 6.62. The third-order valence-electron chi connectivity index (χ3n) is 5.39. The molecule has 0 saturated carbocycles. The second-order valence-electron chi connectivity index (χ2n) is 7.44. The predicted octanol–water partition coefficient (Wildman–Crippen LogP) is 2.88. The van der Waals surface area contributed by atoms with Crippen LogP contribution in [0.2, 0.25) is 0 Å². The number of hydrogen-bond donors (Lipinski definition) is 2. The topological polar surface area (TPSA) is 75.6 Å². The molecule has 1 atom stereocenters. The molecule has 4 rings (SSSR count). The number of aryl methyl sites for hydroxylation is 3. The van der Waals surface area contributed by atoms with Crippen LogP contribution in [0.1, 0.15) is 40.6 Å². The molecule has 1 aliphatic rings. The van der Waals surface area contributed by atoms with E-state index in [2.05, 4.69) is 20.4 Å². The smallest absolute Gasteiger partial charge is 0.224 e. The van der Waals surface area contributed by atoms with Gasteiger partial charge in [-0.05, 0) is 45.7 Å². The van der Waals surface area contributed by atoms with Gasteiger partial charge in [0.2, 0.25) is 5.91 Å². The molecule has 1 amide bonds. The Morgan fingerprint density at radius 2 is 2.11 bits per heavy atom. The van der Waals surface area contributed by atoms with E-state index in [-0.39, 0.29) is 24.2 Å². The number of nitrogens with one attached hydrogen (secondary N) is 2. The molecule has 1 unspecified atom stereocenters. The lowest BCUT2D eigenvalue weighted by atomic mass is 9.96. The minimum absolute atomic E-state index is 0.0380. The summed E-state index contributed by atoms with van der Waals surface area (Å²) in [6.45, 7) is 5.67. The molecule has 0 bridgehead atoms. The zero-order valence-corrected chi connectivity index (χ0v) is 16.3. The monoisotopic (exact) mass is 381 g/mol. The van der Waals surface area contributed by atoms with Gasteiger partial charge in [-0.25, -0.2) is 14.1 Å². The van der Waals surface area contributed by atoms with Gasteiger partial charge in [0.15, 0.2) is 0 Å². The maximum atomic E-state index is 14.1. The zero-order valence-electron chi connectivity index (χ0n) is 16.3. The van der Waals surface area contributed by atoms with E-state index in [4.69, 9.17) is 0 Å². The lowest BCUT2D eigenvalue weighted by molar-refractivity contribution is -0.121. The van der Waals surface area contributed by atoms with Crippen molar-refractivity contribution in [2.75, 3.05) is 0 Å². The Morgan fingerprint density at radius 1 is 1.32 bits per heavy atom. The number of para-hydroxylation sites is 1. The van der Waals surface area contributed by atoms with E-state index in [0.29, 0.717) is 5.69 Å². The Kier molecular flexibility index (Phi) is 4.75. The number of halogens is 1. The van der Waals surface area contributed by atoms with Gasteiger partial charge >= 0.3 is 0 Å². The molecular formula is C21H24FN5O. The molecule has 2 aromatic heterocycles. The van der Waals surface area contributed by atoms with Crippen molar-refractivity contribution >= 4 is 5.91 Å². The van der Waals surface area contributed by atoms with Crippen LogP contribution in [-0.4, -0.2) is 31.7 Å². The average Bonchev–Trinajstić information content (AvgIpc) is 3.15. The largest absolute Gasteiger partial charge is 0.353 e. The highest BCUT2D eigenvalue weighted by molar-refractivity contribution is 5.79. The molecular weight excluding hydrogens is 357 g/mol. The maximum absolute atomic E-state index is 14.1. The lowest BCUT2D eigenvalue weighted by Crippen LogP contribution is -2.39. The van der Waals surface area contributed by atoms with Crippen LogP contribution < -0.4 is 5.32 Å². The van der Waals surface area contributed by atoms with Crippen LogP contribution in [0.5, 0.6) is 0 Å². The second-order valence-corrected chi connectivity index (χ2v) is 7.44. The number of hydrogen-bond acceptors (Lipinski definition) is 3. The minimum atomic E-state index is -0.336. The van der Waals surface area contributed by atoms with Crippen LogP contribution in [-0.2, 0) is 24.1 Å². The fourth-order valence-corrected chi connectivity index (χ4v) is 3.97. The van der Waals surface area contributed by atoms with Crippen LogP contribution in [0.15, 0.2) is 24.3 Å². The summed E-state index contributed by atoms with van der Waals surface area (Å²) in [5.74, 6) is 0.546. The van der Waals surface area contributed by atoms with Gasteiger partial charge in [0.05, 0.1) is 17.8 Å². The molecule has 28 heavy (non-hydrogen) atoms. The Bertz CT molecular complexity index is 1040. The molecule has 0 spiro atoms. The molecule has 0 saturated heterocycles. The first-order valence-corrected chi connectivity index (χ1v) is 9.56. The van der Waals surface area contributed by atoms with Crippen LogP contribution in [0, 0.1) is 26.6 Å². The van der Waals surface area contributed by atoms with Crippen LogP contribution >= 0.6 is 0 Å². The van der Waals surface area contributed by atoms with E-state index in [1.807, 2.05) is 20.8 Å². The number of fused-ring (bicyclic) bond motifs is 1. The quantitative estimate of drug-likeness (QED) is 0.730. The first-order valence-electron chi connectivity index (χ1n) is 9.56. The van der Waals surface area contributed by atoms with Gasteiger partial charge in [0.25, 0.3) is 0 Å². The van der Waals surface area contributed by atoms with E-state index in [1.54, 1.807) is 22.9 Å². The van der Waals surface area contributed by atoms with Crippen LogP contribution in [0.4, 0.5) is 4.39 Å². The number of carbonyl (C=O) groups is 1. The van der Waals surface area contributed by atoms with E-state index in [1.165, 1.54) is 6.07 Å². The van der Waals surface area contributed by atoms with Crippen LogP contribution in [0.25, 0.3) is 5.69 Å². The number of aromatic nitrogens is 4. The molecule has 3 aromatic rings. The standard InChI is InChI=1S/C21H24FN5O/c1-12-16(13(2)27(26-12)20-7-5-4-6-17(20)22)11-21(28)25-15-8-9-18-19(10-15)24-14(3)23-18/h4-7,15H,8-11H2,1-3H3,(H,23,24)(H,25,28). The summed E-state index contributed by atoms with van der Waals surface area (Å²) in [5.41, 5.74) is 4.99. The van der Waals surface area contributed by atoms with Gasteiger partial charge in [-0.1, -0.05) is 12.1 Å². The van der Waals surface area contributed by atoms with Crippen molar-refractivity contribution in [3.05, 3.63) is 64.2 Å². The summed E-state index contributed by atoms with van der Waals surface area (Å²) in [7, 11) is 0. The minimum Gasteiger partial charge on any atom is -0.353 e. The Morgan fingerprint density at radius 3 is 2.89 bits per heavy atom. The predicted molar refractivity (Wildman–Crippen MR) is 104 cm³/mol. The molecule has 6 nitrogen and oxygen atoms in total. The number of imidazole rings is 1. The Labute approximate surface area is 163 Å². The van der Waals surface area contributed by atoms with Crippen molar-refractivity contribution in [1.82, 2.24) is 25.1 Å². The molecule has 7 heteroatoms. The average molecular weight is 381 g/mol. The summed E-state index contributed by atoms with van der Waals surface area (Å²) >= 11 is 0. The highest BCUT2D eigenvalue weighted by atomic mass is 19.1. The third kappa shape index (κ3) is 3.44. The van der Waals surface area contributed by atoms with Crippen molar-refractivity contribution in [3.63, 3.8) is 0 Å². The van der Waals surface area contributed by atoms with Crippen molar-refractivity contribution in [3.8, 4) is 5.69 Å². The highest BCUT2D eigenvalue weighted by Gasteiger charge is 2.24. The lowest BCUT2D eigenvalue weighted by Gasteiger charge is -2.22. The first-order chi connectivity index (χ1) is 13.4. The van der Waals surface area contributed by atoms with Gasteiger partial charge in [0, 0.05) is 29.4 Å². The van der Waals surface area contributed by atoms with Gasteiger partial charge < -0.3 is 10.3 Å². The fourth-order valence-electron chi connectivity index (χ4n) is 3.97. The van der Waals surface area contributed by atoms with Gasteiger partial charge in [-0.2, -0.15) is 5.10 Å². The van der Waals surface area contributed by atoms with E-state index >= 15 is 0 Å². The van der Waals surface area contributed by atoms with Crippen molar-refractivity contribution in [2.45, 2.75) is 52.5 Å². The number of aromatic amines is 1. The van der Waals surface area contributed by atoms with E-state index in [0.717, 1.165) is 53.4 Å². The maximum Gasteiger partial charge on any atom is 0.224 e. The number of carbonyl (C=O) groups excluding carboxylic acids is 1. The Balaban J connectivity index is 1.47.